The first kappa shape index (κ1) is 38.5. The Morgan fingerprint density at radius 3 is 2.11 bits per heavy atom. The summed E-state index contributed by atoms with van der Waals surface area (Å²) in [5.74, 6) is -2.92. The van der Waals surface area contributed by atoms with E-state index in [4.69, 9.17) is 15.2 Å². The summed E-state index contributed by atoms with van der Waals surface area (Å²) in [6, 6.07) is 11.8. The highest BCUT2D eigenvalue weighted by atomic mass is 16.6. The number of benzene rings is 2. The number of aliphatic hydroxyl groups excluding tert-OH is 1. The predicted molar refractivity (Wildman–Crippen MR) is 178 cm³/mol. The molecule has 0 spiro atoms. The molecule has 0 aliphatic heterocycles. The Morgan fingerprint density at radius 1 is 0.915 bits per heavy atom. The minimum absolute atomic E-state index is 0.0935. The van der Waals surface area contributed by atoms with E-state index in [1.54, 1.807) is 84.0 Å². The minimum atomic E-state index is -1.40. The number of amides is 4. The molecule has 12 nitrogen and oxygen atoms in total. The number of primary amides is 1. The maximum Gasteiger partial charge on any atom is 0.408 e. The van der Waals surface area contributed by atoms with Crippen molar-refractivity contribution in [3.63, 3.8) is 0 Å². The van der Waals surface area contributed by atoms with Gasteiger partial charge in [0.05, 0.1) is 6.61 Å². The third-order valence-electron chi connectivity index (χ3n) is 6.61. The highest BCUT2D eigenvalue weighted by Gasteiger charge is 2.38. The van der Waals surface area contributed by atoms with Gasteiger partial charge in [-0.3, -0.25) is 14.4 Å². The lowest BCUT2D eigenvalue weighted by atomic mass is 9.98. The third kappa shape index (κ3) is 13.3. The molecule has 0 radical (unpaired) electrons. The van der Waals surface area contributed by atoms with Crippen molar-refractivity contribution in [2.24, 2.45) is 5.73 Å². The zero-order valence-electron chi connectivity index (χ0n) is 28.1. The van der Waals surface area contributed by atoms with Gasteiger partial charge in [-0.25, -0.2) is 9.59 Å². The van der Waals surface area contributed by atoms with Gasteiger partial charge in [0.15, 0.2) is 0 Å². The molecule has 2 aromatic carbocycles. The van der Waals surface area contributed by atoms with Crippen LogP contribution in [0.5, 0.6) is 0 Å². The van der Waals surface area contributed by atoms with Crippen LogP contribution in [0.15, 0.2) is 61.2 Å². The van der Waals surface area contributed by atoms with E-state index in [0.717, 1.165) is 10.5 Å². The molecule has 47 heavy (non-hydrogen) atoms. The topological polar surface area (TPSA) is 177 Å². The van der Waals surface area contributed by atoms with E-state index in [1.165, 1.54) is 0 Å². The fourth-order valence-corrected chi connectivity index (χ4v) is 4.66. The van der Waals surface area contributed by atoms with Crippen LogP contribution in [0, 0.1) is 0 Å². The average Bonchev–Trinajstić information content (AvgIpc) is 2.97. The lowest BCUT2D eigenvalue weighted by Crippen LogP contribution is -2.55. The van der Waals surface area contributed by atoms with Crippen LogP contribution in [0.25, 0.3) is 6.08 Å². The Bertz CT molecular complexity index is 1400. The van der Waals surface area contributed by atoms with E-state index < -0.39 is 65.7 Å². The van der Waals surface area contributed by atoms with Gasteiger partial charge in [-0.2, -0.15) is 0 Å². The van der Waals surface area contributed by atoms with Crippen molar-refractivity contribution in [2.75, 3.05) is 13.2 Å². The van der Waals surface area contributed by atoms with Crippen molar-refractivity contribution in [3.05, 3.63) is 77.9 Å². The average molecular weight is 653 g/mol. The fourth-order valence-electron chi connectivity index (χ4n) is 4.66. The highest BCUT2D eigenvalue weighted by molar-refractivity contribution is 5.94. The summed E-state index contributed by atoms with van der Waals surface area (Å²) in [5.41, 5.74) is 5.36. The molecule has 4 amide bonds. The number of alkyl carbamates (subject to hydrolysis) is 1. The Morgan fingerprint density at radius 2 is 1.55 bits per heavy atom. The Kier molecular flexibility index (Phi) is 14.1. The molecule has 0 bridgehead atoms. The van der Waals surface area contributed by atoms with Crippen molar-refractivity contribution >= 4 is 35.9 Å². The molecule has 2 rings (SSSR count). The third-order valence-corrected chi connectivity index (χ3v) is 6.61. The molecule has 12 heteroatoms. The van der Waals surface area contributed by atoms with Gasteiger partial charge in [0.1, 0.15) is 29.3 Å². The summed E-state index contributed by atoms with van der Waals surface area (Å²) < 4.78 is 11.0. The van der Waals surface area contributed by atoms with Crippen LogP contribution < -0.4 is 16.4 Å². The van der Waals surface area contributed by atoms with Crippen molar-refractivity contribution in [1.29, 1.82) is 0 Å². The maximum absolute atomic E-state index is 14.3. The molecule has 0 aliphatic rings. The van der Waals surface area contributed by atoms with Crippen molar-refractivity contribution in [3.8, 4) is 0 Å². The lowest BCUT2D eigenvalue weighted by molar-refractivity contribution is -0.159. The molecular weight excluding hydrogens is 604 g/mol. The van der Waals surface area contributed by atoms with Crippen LogP contribution in [0.2, 0.25) is 0 Å². The molecule has 256 valence electrons. The first-order chi connectivity index (χ1) is 21.9. The number of hydrogen-bond donors (Lipinski definition) is 4. The number of aliphatic hydroxyl groups is 1. The number of esters is 1. The van der Waals surface area contributed by atoms with E-state index in [-0.39, 0.29) is 25.8 Å². The van der Waals surface area contributed by atoms with E-state index in [0.29, 0.717) is 11.1 Å². The van der Waals surface area contributed by atoms with Gasteiger partial charge in [0.25, 0.3) is 0 Å². The largest absolute Gasteiger partial charge is 0.458 e. The van der Waals surface area contributed by atoms with Crippen molar-refractivity contribution in [1.82, 2.24) is 15.5 Å². The summed E-state index contributed by atoms with van der Waals surface area (Å²) in [6.45, 7) is 13.0. The lowest BCUT2D eigenvalue weighted by Gasteiger charge is -2.35. The first-order valence-electron chi connectivity index (χ1n) is 15.4. The van der Waals surface area contributed by atoms with Gasteiger partial charge in [0, 0.05) is 19.4 Å². The van der Waals surface area contributed by atoms with Crippen molar-refractivity contribution in [2.45, 2.75) is 90.1 Å². The number of nitrogens with zero attached hydrogens (tertiary/aromatic N) is 1. The summed E-state index contributed by atoms with van der Waals surface area (Å²) in [5, 5.41) is 15.4. The van der Waals surface area contributed by atoms with E-state index in [1.807, 2.05) is 18.2 Å². The fraction of sp³-hybridized carbons (Fsp3) is 0.457. The smallest absolute Gasteiger partial charge is 0.408 e. The zero-order valence-corrected chi connectivity index (χ0v) is 28.1. The monoisotopic (exact) mass is 652 g/mol. The number of nitrogens with one attached hydrogen (secondary N) is 2. The zero-order chi connectivity index (χ0) is 35.4. The predicted octanol–water partition coefficient (Wildman–Crippen LogP) is 3.42. The molecule has 5 N–H and O–H groups in total. The second kappa shape index (κ2) is 17.3. The molecule has 0 saturated carbocycles. The molecule has 0 fully saturated rings. The number of rotatable bonds is 15. The molecule has 3 atom stereocenters. The van der Waals surface area contributed by atoms with Crippen molar-refractivity contribution < 1.29 is 38.6 Å². The number of carbonyl (C=O) groups is 5. The molecular formula is C35H48N4O8. The number of ether oxygens (including phenoxy) is 2. The summed E-state index contributed by atoms with van der Waals surface area (Å²) in [4.78, 5) is 67.5. The van der Waals surface area contributed by atoms with Crippen LogP contribution >= 0.6 is 0 Å². The first-order valence-corrected chi connectivity index (χ1v) is 15.4. The van der Waals surface area contributed by atoms with Crippen LogP contribution in [-0.2, 0) is 35.1 Å². The molecule has 2 aromatic rings. The van der Waals surface area contributed by atoms with Gasteiger partial charge in [-0.05, 0) is 70.7 Å². The van der Waals surface area contributed by atoms with Crippen LogP contribution in [0.1, 0.15) is 77.1 Å². The molecule has 0 aromatic heterocycles. The normalized spacial score (nSPS) is 13.3. The van der Waals surface area contributed by atoms with Gasteiger partial charge >= 0.3 is 12.1 Å². The standard InChI is InChI=1S/C35H48N4O8/c1-8-23-15-12-16-25(21-23)29(30(42)37-27(32(44)46-34(2,3)4)22-24-13-10-9-11-14-24)39(19-20-40)31(43)26(17-18-28(36)41)38-33(45)47-35(5,6)7/h8-16,21,26-27,29,40H,1,17-20,22H2,2-7H3,(H2,36,41)(H,37,42)(H,38,45). The molecule has 0 heterocycles. The Labute approximate surface area is 276 Å². The Hall–Kier alpha value is -4.71. The van der Waals surface area contributed by atoms with Crippen LogP contribution in [0.3, 0.4) is 0 Å². The van der Waals surface area contributed by atoms with E-state index >= 15 is 0 Å². The molecule has 3 unspecified atom stereocenters. The quantitative estimate of drug-likeness (QED) is 0.212. The second-order valence-electron chi connectivity index (χ2n) is 13.0. The summed E-state index contributed by atoms with van der Waals surface area (Å²) >= 11 is 0. The Balaban J connectivity index is 2.62. The van der Waals surface area contributed by atoms with E-state index in [2.05, 4.69) is 17.2 Å². The van der Waals surface area contributed by atoms with E-state index in [9.17, 15) is 29.1 Å². The van der Waals surface area contributed by atoms with Gasteiger partial charge in [-0.15, -0.1) is 0 Å². The summed E-state index contributed by atoms with van der Waals surface area (Å²) in [7, 11) is 0. The van der Waals surface area contributed by atoms with Gasteiger partial charge in [0.2, 0.25) is 17.7 Å². The molecule has 0 aliphatic carbocycles. The maximum atomic E-state index is 14.3. The highest BCUT2D eigenvalue weighted by Crippen LogP contribution is 2.25. The minimum Gasteiger partial charge on any atom is -0.458 e. The van der Waals surface area contributed by atoms with Gasteiger partial charge in [-0.1, -0.05) is 61.2 Å². The van der Waals surface area contributed by atoms with Gasteiger partial charge < -0.3 is 35.8 Å². The number of hydrogen-bond acceptors (Lipinski definition) is 8. The molecule has 0 saturated heterocycles. The number of carbonyl (C=O) groups excluding carboxylic acids is 5. The number of nitrogens with two attached hydrogens (primary N) is 1. The second-order valence-corrected chi connectivity index (χ2v) is 13.0. The summed E-state index contributed by atoms with van der Waals surface area (Å²) in [6.07, 6.45) is 0.266. The van der Waals surface area contributed by atoms with Crippen LogP contribution in [0.4, 0.5) is 4.79 Å². The van der Waals surface area contributed by atoms with Crippen LogP contribution in [-0.4, -0.2) is 76.2 Å². The SMILES string of the molecule is C=Cc1cccc(C(C(=O)NC(Cc2ccccc2)C(=O)OC(C)(C)C)N(CCO)C(=O)C(CCC(N)=O)NC(=O)OC(C)(C)C)c1.